The van der Waals surface area contributed by atoms with E-state index in [4.69, 9.17) is 19.9 Å². The van der Waals surface area contributed by atoms with E-state index in [0.717, 1.165) is 5.69 Å². The Bertz CT molecular complexity index is 814. The van der Waals surface area contributed by atoms with Crippen LogP contribution < -0.4 is 30.6 Å². The molecule has 0 bridgehead atoms. The second-order valence-electron chi connectivity index (χ2n) is 5.52. The highest BCUT2D eigenvalue weighted by molar-refractivity contribution is 14.0. The van der Waals surface area contributed by atoms with E-state index in [0.29, 0.717) is 36.1 Å². The molecule has 28 heavy (non-hydrogen) atoms. The molecule has 0 atom stereocenters. The smallest absolute Gasteiger partial charge is 0.221 e. The first-order valence-corrected chi connectivity index (χ1v) is 8.31. The van der Waals surface area contributed by atoms with Crippen molar-refractivity contribution in [3.05, 3.63) is 42.5 Å². The number of nitrogens with two attached hydrogens (primary N) is 1. The molecule has 0 heterocycles. The Morgan fingerprint density at radius 1 is 1.04 bits per heavy atom. The zero-order chi connectivity index (χ0) is 19.6. The van der Waals surface area contributed by atoms with Crippen molar-refractivity contribution in [2.45, 2.75) is 6.92 Å². The van der Waals surface area contributed by atoms with Crippen LogP contribution in [-0.4, -0.2) is 39.2 Å². The lowest BCUT2D eigenvalue weighted by Gasteiger charge is -2.11. The first-order chi connectivity index (χ1) is 13.0. The van der Waals surface area contributed by atoms with Gasteiger partial charge in [0.15, 0.2) is 17.5 Å². The van der Waals surface area contributed by atoms with E-state index in [1.165, 1.54) is 6.92 Å². The van der Waals surface area contributed by atoms with Crippen LogP contribution in [0, 0.1) is 0 Å². The lowest BCUT2D eigenvalue weighted by atomic mass is 10.3. The van der Waals surface area contributed by atoms with Crippen LogP contribution in [0.4, 0.5) is 11.4 Å². The van der Waals surface area contributed by atoms with E-state index in [-0.39, 0.29) is 35.8 Å². The van der Waals surface area contributed by atoms with Gasteiger partial charge in [0.05, 0.1) is 20.8 Å². The summed E-state index contributed by atoms with van der Waals surface area (Å²) in [5.74, 6) is 2.00. The van der Waals surface area contributed by atoms with Gasteiger partial charge >= 0.3 is 0 Å². The van der Waals surface area contributed by atoms with Gasteiger partial charge < -0.3 is 30.6 Å². The highest BCUT2D eigenvalue weighted by Gasteiger charge is 2.05. The second kappa shape index (κ2) is 11.9. The molecular weight excluding hydrogens is 475 g/mol. The van der Waals surface area contributed by atoms with Crippen molar-refractivity contribution in [3.8, 4) is 17.2 Å². The molecule has 0 spiro atoms. The summed E-state index contributed by atoms with van der Waals surface area (Å²) in [5, 5.41) is 5.69. The average Bonchev–Trinajstić information content (AvgIpc) is 2.65. The number of amides is 1. The molecule has 0 saturated carbocycles. The molecule has 0 unspecified atom stereocenters. The molecule has 0 radical (unpaired) electrons. The van der Waals surface area contributed by atoms with Crippen LogP contribution in [0.5, 0.6) is 17.2 Å². The summed E-state index contributed by atoms with van der Waals surface area (Å²) < 4.78 is 16.1. The number of anilines is 2. The quantitative estimate of drug-likeness (QED) is 0.223. The highest BCUT2D eigenvalue weighted by atomic mass is 127. The Morgan fingerprint density at radius 3 is 2.43 bits per heavy atom. The molecule has 0 aliphatic carbocycles. The molecule has 152 valence electrons. The number of halogens is 1. The number of rotatable bonds is 8. The van der Waals surface area contributed by atoms with E-state index in [2.05, 4.69) is 15.6 Å². The lowest BCUT2D eigenvalue weighted by Crippen LogP contribution is -2.23. The number of guanidine groups is 1. The Labute approximate surface area is 181 Å². The topological polar surface area (TPSA) is 107 Å². The van der Waals surface area contributed by atoms with Gasteiger partial charge in [-0.05, 0) is 24.3 Å². The van der Waals surface area contributed by atoms with Crippen LogP contribution in [-0.2, 0) is 4.79 Å². The fourth-order valence-corrected chi connectivity index (χ4v) is 2.30. The molecule has 0 fully saturated rings. The summed E-state index contributed by atoms with van der Waals surface area (Å²) in [4.78, 5) is 15.3. The maximum Gasteiger partial charge on any atom is 0.221 e. The van der Waals surface area contributed by atoms with E-state index < -0.39 is 0 Å². The number of nitrogens with zero attached hydrogens (tertiary/aromatic N) is 1. The molecule has 2 rings (SSSR count). The molecule has 8 nitrogen and oxygen atoms in total. The number of hydrogen-bond acceptors (Lipinski definition) is 5. The summed E-state index contributed by atoms with van der Waals surface area (Å²) >= 11 is 0. The van der Waals surface area contributed by atoms with Crippen molar-refractivity contribution in [2.24, 2.45) is 10.7 Å². The van der Waals surface area contributed by atoms with Crippen LogP contribution >= 0.6 is 24.0 Å². The largest absolute Gasteiger partial charge is 0.493 e. The minimum absolute atomic E-state index is 0. The molecular formula is C19H25IN4O4. The summed E-state index contributed by atoms with van der Waals surface area (Å²) in [5.41, 5.74) is 7.30. The van der Waals surface area contributed by atoms with Gasteiger partial charge in [0.1, 0.15) is 12.4 Å². The van der Waals surface area contributed by atoms with Crippen LogP contribution in [0.15, 0.2) is 47.5 Å². The number of aliphatic imine (C=N–C) groups is 1. The number of hydrogen-bond donors (Lipinski definition) is 3. The van der Waals surface area contributed by atoms with Gasteiger partial charge in [-0.1, -0.05) is 6.07 Å². The summed E-state index contributed by atoms with van der Waals surface area (Å²) in [6.07, 6.45) is 0. The van der Waals surface area contributed by atoms with Crippen molar-refractivity contribution >= 4 is 47.2 Å². The Hall–Kier alpha value is -2.69. The number of carbonyl (C=O) groups is 1. The van der Waals surface area contributed by atoms with Gasteiger partial charge in [-0.15, -0.1) is 24.0 Å². The summed E-state index contributed by atoms with van der Waals surface area (Å²) in [6, 6.07) is 12.5. The van der Waals surface area contributed by atoms with Gasteiger partial charge in [-0.2, -0.15) is 0 Å². The molecule has 4 N–H and O–H groups in total. The van der Waals surface area contributed by atoms with E-state index >= 15 is 0 Å². The lowest BCUT2D eigenvalue weighted by molar-refractivity contribution is -0.114. The molecule has 2 aromatic rings. The highest BCUT2D eigenvalue weighted by Crippen LogP contribution is 2.29. The number of carbonyl (C=O) groups excluding carboxylic acids is 1. The fourth-order valence-electron chi connectivity index (χ4n) is 2.30. The normalized spacial score (nSPS) is 10.5. The number of benzene rings is 2. The Morgan fingerprint density at radius 2 is 1.75 bits per heavy atom. The molecule has 1 amide bonds. The molecule has 0 aliphatic rings. The first-order valence-electron chi connectivity index (χ1n) is 8.31. The van der Waals surface area contributed by atoms with Crippen LogP contribution in [0.25, 0.3) is 0 Å². The maximum atomic E-state index is 11.1. The fraction of sp³-hybridized carbons (Fsp3) is 0.263. The minimum Gasteiger partial charge on any atom is -0.493 e. The van der Waals surface area contributed by atoms with Gasteiger partial charge in [0.25, 0.3) is 0 Å². The number of methoxy groups -OCH3 is 2. The van der Waals surface area contributed by atoms with Gasteiger partial charge in [0, 0.05) is 30.4 Å². The van der Waals surface area contributed by atoms with Crippen LogP contribution in [0.1, 0.15) is 6.92 Å². The van der Waals surface area contributed by atoms with E-state index in [1.54, 1.807) is 50.6 Å². The zero-order valence-electron chi connectivity index (χ0n) is 16.0. The number of nitrogens with one attached hydrogen (secondary N) is 2. The van der Waals surface area contributed by atoms with E-state index in [1.807, 2.05) is 6.07 Å². The third kappa shape index (κ3) is 7.51. The summed E-state index contributed by atoms with van der Waals surface area (Å²) in [6.45, 7) is 2.17. The summed E-state index contributed by atoms with van der Waals surface area (Å²) in [7, 11) is 3.14. The van der Waals surface area contributed by atoms with Crippen molar-refractivity contribution in [3.63, 3.8) is 0 Å². The van der Waals surface area contributed by atoms with Crippen molar-refractivity contribution in [2.75, 3.05) is 38.0 Å². The molecule has 2 aromatic carbocycles. The second-order valence-corrected chi connectivity index (χ2v) is 5.52. The SMILES string of the molecule is COc1ccc(NC(N)=NCCOc2cccc(NC(C)=O)c2)cc1OC.I. The standard InChI is InChI=1S/C19H24N4O4.HI/c1-13(24)22-14-5-4-6-16(11-14)27-10-9-21-19(20)23-15-7-8-17(25-2)18(12-15)26-3;/h4-8,11-12H,9-10H2,1-3H3,(H,22,24)(H3,20,21,23);1H. The first kappa shape index (κ1) is 23.3. The Kier molecular flexibility index (Phi) is 9.93. The molecule has 0 aromatic heterocycles. The predicted octanol–water partition coefficient (Wildman–Crippen LogP) is 3.09. The maximum absolute atomic E-state index is 11.1. The minimum atomic E-state index is -0.134. The van der Waals surface area contributed by atoms with Crippen molar-refractivity contribution in [1.82, 2.24) is 0 Å². The molecule has 0 saturated heterocycles. The average molecular weight is 500 g/mol. The molecule has 0 aliphatic heterocycles. The third-order valence-corrected chi connectivity index (χ3v) is 3.45. The number of ether oxygens (including phenoxy) is 3. The predicted molar refractivity (Wildman–Crippen MR) is 121 cm³/mol. The van der Waals surface area contributed by atoms with Crippen LogP contribution in [0.3, 0.4) is 0 Å². The van der Waals surface area contributed by atoms with E-state index in [9.17, 15) is 4.79 Å². The van der Waals surface area contributed by atoms with Crippen LogP contribution in [0.2, 0.25) is 0 Å². The van der Waals surface area contributed by atoms with Crippen molar-refractivity contribution in [1.29, 1.82) is 0 Å². The van der Waals surface area contributed by atoms with Gasteiger partial charge in [-0.25, -0.2) is 4.99 Å². The van der Waals surface area contributed by atoms with Gasteiger partial charge in [-0.3, -0.25) is 4.79 Å². The molecule has 9 heteroatoms. The third-order valence-electron chi connectivity index (χ3n) is 3.45. The monoisotopic (exact) mass is 500 g/mol. The van der Waals surface area contributed by atoms with Gasteiger partial charge in [0.2, 0.25) is 5.91 Å². The van der Waals surface area contributed by atoms with Crippen molar-refractivity contribution < 1.29 is 19.0 Å². The zero-order valence-corrected chi connectivity index (χ0v) is 18.4. The Balaban J connectivity index is 0.00000392.